The summed E-state index contributed by atoms with van der Waals surface area (Å²) in [5.41, 5.74) is 10.6. The highest BCUT2D eigenvalue weighted by atomic mass is 28.3. The van der Waals surface area contributed by atoms with Crippen LogP contribution in [0.15, 0.2) is 267 Å². The summed E-state index contributed by atoms with van der Waals surface area (Å²) in [6.45, 7) is 0. The molecule has 2 heterocycles. The molecule has 0 saturated heterocycles. The first-order valence-electron chi connectivity index (χ1n) is 23.1. The molecular weight excluding hydrogens is 841 g/mol. The van der Waals surface area contributed by atoms with Crippen LogP contribution in [0.1, 0.15) is 0 Å². The van der Waals surface area contributed by atoms with E-state index < -0.39 is 8.07 Å². The molecule has 68 heavy (non-hydrogen) atoms. The van der Waals surface area contributed by atoms with E-state index in [0.29, 0.717) is 17.5 Å². The topological polar surface area (TPSA) is 43.6 Å². The number of rotatable bonds is 10. The Labute approximate surface area is 397 Å². The van der Waals surface area contributed by atoms with E-state index in [1.165, 1.54) is 42.6 Å². The largest absolute Gasteiger partial charge is 0.309 e. The molecule has 0 aliphatic rings. The smallest absolute Gasteiger partial charge is 0.179 e. The molecule has 0 saturated carbocycles. The molecule has 0 atom stereocenters. The van der Waals surface area contributed by atoms with E-state index in [-0.39, 0.29) is 0 Å². The fourth-order valence-electron chi connectivity index (χ4n) is 10.1. The Morgan fingerprint density at radius 1 is 0.265 bits per heavy atom. The van der Waals surface area contributed by atoms with Crippen molar-refractivity contribution in [3.05, 3.63) is 267 Å². The van der Waals surface area contributed by atoms with Gasteiger partial charge >= 0.3 is 0 Å². The molecule has 4 nitrogen and oxygen atoms in total. The molecule has 0 aliphatic carbocycles. The Balaban J connectivity index is 1.14. The van der Waals surface area contributed by atoms with Crippen molar-refractivity contribution in [3.63, 3.8) is 0 Å². The van der Waals surface area contributed by atoms with Gasteiger partial charge in [0, 0.05) is 33.2 Å². The van der Waals surface area contributed by atoms with Crippen molar-refractivity contribution in [1.82, 2.24) is 19.5 Å². The van der Waals surface area contributed by atoms with E-state index >= 15 is 0 Å². The monoisotopic (exact) mass is 884 g/mol. The second-order valence-electron chi connectivity index (χ2n) is 17.1. The van der Waals surface area contributed by atoms with E-state index in [1.807, 2.05) is 36.4 Å². The third kappa shape index (κ3) is 7.23. The molecule has 12 rings (SSSR count). The number of hydrogen-bond donors (Lipinski definition) is 0. The van der Waals surface area contributed by atoms with Gasteiger partial charge in [0.25, 0.3) is 0 Å². The maximum atomic E-state index is 5.31. The number of fused-ring (bicyclic) bond motifs is 3. The van der Waals surface area contributed by atoms with Gasteiger partial charge in [0.15, 0.2) is 25.5 Å². The summed E-state index contributed by atoms with van der Waals surface area (Å²) in [5, 5.41) is 7.65. The quantitative estimate of drug-likeness (QED) is 0.102. The summed E-state index contributed by atoms with van der Waals surface area (Å²) in [4.78, 5) is 15.7. The fraction of sp³-hybridized carbons (Fsp3) is 0. The third-order valence-electron chi connectivity index (χ3n) is 13.2. The van der Waals surface area contributed by atoms with Crippen LogP contribution < -0.4 is 20.7 Å². The molecule has 0 amide bonds. The van der Waals surface area contributed by atoms with Gasteiger partial charge < -0.3 is 4.57 Å². The minimum Gasteiger partial charge on any atom is -0.309 e. The number of para-hydroxylation sites is 1. The number of hydrogen-bond acceptors (Lipinski definition) is 3. The lowest BCUT2D eigenvalue weighted by atomic mass is 9.98. The molecule has 320 valence electrons. The summed E-state index contributed by atoms with van der Waals surface area (Å²) in [5.74, 6) is 1.86. The van der Waals surface area contributed by atoms with Gasteiger partial charge in [-0.25, -0.2) is 15.0 Å². The average molecular weight is 885 g/mol. The number of aromatic nitrogens is 4. The lowest BCUT2D eigenvalue weighted by Gasteiger charge is -2.34. The lowest BCUT2D eigenvalue weighted by Crippen LogP contribution is -2.74. The zero-order valence-electron chi connectivity index (χ0n) is 37.2. The van der Waals surface area contributed by atoms with Gasteiger partial charge in [0.1, 0.15) is 0 Å². The van der Waals surface area contributed by atoms with E-state index in [4.69, 9.17) is 15.0 Å². The third-order valence-corrected chi connectivity index (χ3v) is 18.0. The summed E-state index contributed by atoms with van der Waals surface area (Å²) in [7, 11) is -2.89. The van der Waals surface area contributed by atoms with Crippen LogP contribution in [0, 0.1) is 0 Å². The second kappa shape index (κ2) is 17.6. The molecule has 0 fully saturated rings. The van der Waals surface area contributed by atoms with E-state index in [1.54, 1.807) is 0 Å². The van der Waals surface area contributed by atoms with Gasteiger partial charge in [-0.3, -0.25) is 0 Å². The molecule has 0 unspecified atom stereocenters. The number of benzene rings is 10. The van der Waals surface area contributed by atoms with Crippen LogP contribution in [0.25, 0.3) is 83.9 Å². The van der Waals surface area contributed by atoms with Crippen molar-refractivity contribution in [1.29, 1.82) is 0 Å². The molecule has 0 spiro atoms. The predicted octanol–water partition coefficient (Wildman–Crippen LogP) is 12.7. The van der Waals surface area contributed by atoms with Crippen LogP contribution in [-0.2, 0) is 0 Å². The normalized spacial score (nSPS) is 11.5. The minimum absolute atomic E-state index is 0.608. The van der Waals surface area contributed by atoms with Gasteiger partial charge in [-0.05, 0) is 79.4 Å². The van der Waals surface area contributed by atoms with Crippen molar-refractivity contribution >= 4 is 50.6 Å². The highest BCUT2D eigenvalue weighted by molar-refractivity contribution is 7.19. The summed E-state index contributed by atoms with van der Waals surface area (Å²) in [6.07, 6.45) is 0. The molecule has 10 aromatic carbocycles. The van der Waals surface area contributed by atoms with Crippen LogP contribution in [0.4, 0.5) is 0 Å². The zero-order chi connectivity index (χ0) is 45.3. The van der Waals surface area contributed by atoms with Gasteiger partial charge in [0.05, 0.1) is 11.0 Å². The Hall–Kier alpha value is -8.77. The first-order chi connectivity index (χ1) is 33.7. The van der Waals surface area contributed by atoms with Crippen molar-refractivity contribution < 1.29 is 0 Å². The zero-order valence-corrected chi connectivity index (χ0v) is 38.2. The molecule has 0 aliphatic heterocycles. The van der Waals surface area contributed by atoms with Crippen molar-refractivity contribution in [2.24, 2.45) is 0 Å². The molecule has 5 heteroatoms. The van der Waals surface area contributed by atoms with E-state index in [2.05, 4.69) is 235 Å². The first kappa shape index (κ1) is 40.7. The first-order valence-corrected chi connectivity index (χ1v) is 25.1. The Bertz CT molecular complexity index is 3560. The second-order valence-corrected chi connectivity index (χ2v) is 21.0. The summed E-state index contributed by atoms with van der Waals surface area (Å²) >= 11 is 0. The molecule has 0 bridgehead atoms. The maximum Gasteiger partial charge on any atom is 0.179 e. The Morgan fingerprint density at radius 2 is 0.721 bits per heavy atom. The van der Waals surface area contributed by atoms with Crippen molar-refractivity contribution in [3.8, 4) is 62.1 Å². The van der Waals surface area contributed by atoms with E-state index in [9.17, 15) is 0 Å². The number of nitrogens with zero attached hydrogens (tertiary/aromatic N) is 4. The predicted molar refractivity (Wildman–Crippen MR) is 285 cm³/mol. The highest BCUT2D eigenvalue weighted by Gasteiger charge is 2.41. The maximum absolute atomic E-state index is 5.31. The van der Waals surface area contributed by atoms with Gasteiger partial charge in [-0.2, -0.15) is 0 Å². The van der Waals surface area contributed by atoms with Crippen LogP contribution in [-0.4, -0.2) is 27.6 Å². The molecule has 2 aromatic heterocycles. The summed E-state index contributed by atoms with van der Waals surface area (Å²) in [6, 6.07) is 96.0. The Morgan fingerprint density at radius 3 is 1.29 bits per heavy atom. The average Bonchev–Trinajstić information content (AvgIpc) is 3.76. The van der Waals surface area contributed by atoms with Crippen LogP contribution in [0.5, 0.6) is 0 Å². The fourth-order valence-corrected chi connectivity index (χ4v) is 14.9. The van der Waals surface area contributed by atoms with Gasteiger partial charge in [0.2, 0.25) is 0 Å². The molecular formula is C63H44N4Si. The van der Waals surface area contributed by atoms with Crippen molar-refractivity contribution in [2.45, 2.75) is 0 Å². The molecule has 0 N–H and O–H groups in total. The molecule has 12 aromatic rings. The summed E-state index contributed by atoms with van der Waals surface area (Å²) < 4.78 is 2.41. The minimum atomic E-state index is -2.89. The highest BCUT2D eigenvalue weighted by Crippen LogP contribution is 2.39. The lowest BCUT2D eigenvalue weighted by molar-refractivity contribution is 1.07. The Kier molecular flexibility index (Phi) is 10.5. The van der Waals surface area contributed by atoms with Crippen molar-refractivity contribution in [2.75, 3.05) is 0 Å². The van der Waals surface area contributed by atoms with Crippen LogP contribution in [0.2, 0.25) is 0 Å². The SMILES string of the molecule is c1ccc(-c2ccc3c(c2)c2ccccc2n3-c2ccc(-c3nc(-c4ccccc4)nc(-c4ccccc4)n3)c(-c3cccc([Si](c4ccccc4)(c4ccccc4)c4ccccc4)c3)c2)cc1. The van der Waals surface area contributed by atoms with Crippen LogP contribution in [0.3, 0.4) is 0 Å². The van der Waals surface area contributed by atoms with Gasteiger partial charge in [-0.1, -0.05) is 231 Å². The molecule has 0 radical (unpaired) electrons. The van der Waals surface area contributed by atoms with Crippen LogP contribution >= 0.6 is 0 Å². The van der Waals surface area contributed by atoms with E-state index in [0.717, 1.165) is 44.5 Å². The van der Waals surface area contributed by atoms with Gasteiger partial charge in [-0.15, -0.1) is 0 Å². The standard InChI is InChI=1S/C63H44N4Si/c1-7-22-45(23-8-1)48-38-41-60-58(43-48)55-36-19-20-37-59(55)67(60)50-39-40-56(63-65-61(46-24-9-2-10-25-46)64-62(66-63)47-26-11-3-12-27-47)57(44-50)49-28-21-35-54(42-49)68(51-29-13-4-14-30-51,52-31-15-5-16-32-52)53-33-17-6-18-34-53/h1-44H.